The number of aromatic nitrogens is 1. The van der Waals surface area contributed by atoms with Crippen LogP contribution in [0.3, 0.4) is 0 Å². The van der Waals surface area contributed by atoms with Gasteiger partial charge in [-0.15, -0.1) is 0 Å². The normalized spacial score (nSPS) is 14.4. The first-order chi connectivity index (χ1) is 34.3. The maximum absolute atomic E-state index is 15.3. The fourth-order valence-electron chi connectivity index (χ4n) is 8.00. The Hall–Kier alpha value is -7.82. The molecular weight excluding hydrogens is 959 g/mol. The van der Waals surface area contributed by atoms with Gasteiger partial charge in [-0.1, -0.05) is 65.0 Å². The van der Waals surface area contributed by atoms with E-state index < -0.39 is 151 Å². The third-order valence-electron chi connectivity index (χ3n) is 11.7. The first-order valence-electron chi connectivity index (χ1n) is 23.4. The smallest absolute Gasteiger partial charge is 0.326 e. The molecule has 0 fully saturated rings. The SMILES string of the molecule is CC(C)[C@H](NC(=O)CN1C(=O)C=CC1=O)C(=O)N[C@@H](C)C(=O)N[C@@H](CCN(C(=O)CO)[C@@H](c1cc(-c2cc(F)ccc2F)cn1Cc1ccccc1)C(C)(C)C)C(=O)NCCC(=O)N[C@H](CCC(=O)O)C(=O)O. The number of carboxylic acids is 2. The minimum atomic E-state index is -1.55. The average molecular weight is 1020 g/mol. The van der Waals surface area contributed by atoms with Gasteiger partial charge < -0.3 is 51.4 Å². The number of carbonyl (C=O) groups excluding carboxylic acids is 8. The van der Waals surface area contributed by atoms with Gasteiger partial charge in [-0.25, -0.2) is 13.6 Å². The second kappa shape index (κ2) is 26.0. The summed E-state index contributed by atoms with van der Waals surface area (Å²) in [6, 6.07) is 6.97. The maximum Gasteiger partial charge on any atom is 0.326 e. The van der Waals surface area contributed by atoms with Crippen molar-refractivity contribution in [3.05, 3.63) is 95.8 Å². The molecule has 0 saturated heterocycles. The molecule has 1 aromatic heterocycles. The molecule has 73 heavy (non-hydrogen) atoms. The molecule has 5 atom stereocenters. The number of halogens is 2. The monoisotopic (exact) mass is 1020 g/mol. The van der Waals surface area contributed by atoms with E-state index in [-0.39, 0.29) is 30.6 Å². The Bertz CT molecular complexity index is 2560. The Labute approximate surface area is 419 Å². The first kappa shape index (κ1) is 57.8. The van der Waals surface area contributed by atoms with Crippen molar-refractivity contribution >= 4 is 59.2 Å². The van der Waals surface area contributed by atoms with Crippen LogP contribution < -0.4 is 26.6 Å². The van der Waals surface area contributed by atoms with Crippen LogP contribution >= 0.6 is 0 Å². The molecule has 21 nitrogen and oxygen atoms in total. The van der Waals surface area contributed by atoms with Crippen molar-refractivity contribution in [2.75, 3.05) is 26.2 Å². The molecule has 0 radical (unpaired) electrons. The highest BCUT2D eigenvalue weighted by Crippen LogP contribution is 2.41. The highest BCUT2D eigenvalue weighted by Gasteiger charge is 2.39. The van der Waals surface area contributed by atoms with Crippen molar-refractivity contribution in [3.8, 4) is 11.1 Å². The summed E-state index contributed by atoms with van der Waals surface area (Å²) in [5, 5.41) is 41.1. The predicted octanol–water partition coefficient (Wildman–Crippen LogP) is 1.78. The standard InChI is InChI=1S/C50H62F2N8O13/c1-28(2)44(57-39(63)26-60-40(64)15-16-41(60)65)48(71)54-29(3)46(69)56-35(47(70)53-20-18-38(62)55-36(49(72)73)14-17-43(67)68)19-21-59(42(66)27-61)45(50(4,5)6)37-22-31(33-23-32(51)12-13-34(33)52)25-58(37)24-30-10-8-7-9-11-30/h7-13,15-16,22-23,25,28-29,35-36,44-45,61H,14,17-21,24,26-27H2,1-6H3,(H,53,70)(H,54,71)(H,55,62)(H,56,69)(H,57,63)(H,67,68)(H,72,73)/t29-,35-,36+,44-,45-/m0/s1. The summed E-state index contributed by atoms with van der Waals surface area (Å²) in [4.78, 5) is 130. The van der Waals surface area contributed by atoms with Crippen LogP contribution in [0.4, 0.5) is 8.78 Å². The summed E-state index contributed by atoms with van der Waals surface area (Å²) in [5.41, 5.74) is 0.543. The topological polar surface area (TPSA) is 303 Å². The molecule has 1 aliphatic heterocycles. The number of benzene rings is 2. The van der Waals surface area contributed by atoms with Gasteiger partial charge in [0.1, 0.15) is 49.0 Å². The van der Waals surface area contributed by atoms with E-state index in [9.17, 15) is 62.5 Å². The maximum atomic E-state index is 15.3. The van der Waals surface area contributed by atoms with E-state index in [1.807, 2.05) is 30.3 Å². The van der Waals surface area contributed by atoms with Gasteiger partial charge in [0.05, 0.1) is 6.04 Å². The van der Waals surface area contributed by atoms with E-state index in [0.717, 1.165) is 35.9 Å². The second-order valence-corrected chi connectivity index (χ2v) is 18.8. The largest absolute Gasteiger partial charge is 0.481 e. The molecule has 0 unspecified atom stereocenters. The fourth-order valence-corrected chi connectivity index (χ4v) is 8.00. The third kappa shape index (κ3) is 16.6. The van der Waals surface area contributed by atoms with Gasteiger partial charge in [0.2, 0.25) is 35.4 Å². The van der Waals surface area contributed by atoms with Crippen LogP contribution in [0.15, 0.2) is 72.9 Å². The number of aliphatic hydroxyl groups excluding tert-OH is 1. The van der Waals surface area contributed by atoms with Crippen LogP contribution in [0.5, 0.6) is 0 Å². The van der Waals surface area contributed by atoms with Crippen molar-refractivity contribution in [2.24, 2.45) is 11.3 Å². The first-order valence-corrected chi connectivity index (χ1v) is 23.4. The number of hydrogen-bond donors (Lipinski definition) is 8. The van der Waals surface area contributed by atoms with Gasteiger partial charge >= 0.3 is 11.9 Å². The lowest BCUT2D eigenvalue weighted by molar-refractivity contribution is -0.143. The number of amides is 8. The highest BCUT2D eigenvalue weighted by atomic mass is 19.1. The van der Waals surface area contributed by atoms with Gasteiger partial charge in [-0.2, -0.15) is 0 Å². The lowest BCUT2D eigenvalue weighted by Gasteiger charge is -2.41. The van der Waals surface area contributed by atoms with Crippen LogP contribution in [0, 0.1) is 23.0 Å². The van der Waals surface area contributed by atoms with E-state index in [1.54, 1.807) is 51.4 Å². The van der Waals surface area contributed by atoms with Crippen LogP contribution in [-0.2, 0) is 54.5 Å². The van der Waals surface area contributed by atoms with Crippen molar-refractivity contribution < 1.29 is 72.0 Å². The molecule has 0 aliphatic carbocycles. The lowest BCUT2D eigenvalue weighted by atomic mass is 9.82. The Kier molecular flexibility index (Phi) is 20.6. The van der Waals surface area contributed by atoms with E-state index in [4.69, 9.17) is 5.11 Å². The molecule has 0 saturated carbocycles. The fraction of sp³-hybridized carbons (Fsp3) is 0.440. The molecule has 8 N–H and O–H groups in total. The van der Waals surface area contributed by atoms with Crippen molar-refractivity contribution in [1.82, 2.24) is 41.0 Å². The second-order valence-electron chi connectivity index (χ2n) is 18.8. The molecular formula is C50H62F2N8O13. The zero-order chi connectivity index (χ0) is 54.3. The van der Waals surface area contributed by atoms with Crippen LogP contribution in [0.25, 0.3) is 11.1 Å². The predicted molar refractivity (Wildman–Crippen MR) is 257 cm³/mol. The Morgan fingerprint density at radius 2 is 1.41 bits per heavy atom. The lowest BCUT2D eigenvalue weighted by Crippen LogP contribution is -2.58. The van der Waals surface area contributed by atoms with Crippen LogP contribution in [0.2, 0.25) is 0 Å². The Morgan fingerprint density at radius 3 is 2.00 bits per heavy atom. The number of rotatable bonds is 26. The number of imide groups is 1. The number of nitrogens with one attached hydrogen (secondary N) is 5. The van der Waals surface area contributed by atoms with Crippen molar-refractivity contribution in [2.45, 2.75) is 104 Å². The third-order valence-corrected chi connectivity index (χ3v) is 11.7. The average Bonchev–Trinajstić information content (AvgIpc) is 3.87. The summed E-state index contributed by atoms with van der Waals surface area (Å²) in [7, 11) is 0. The van der Waals surface area contributed by atoms with Crippen LogP contribution in [-0.4, -0.2) is 139 Å². The quantitative estimate of drug-likeness (QED) is 0.0533. The van der Waals surface area contributed by atoms with Gasteiger partial charge in [0.15, 0.2) is 0 Å². The molecule has 4 rings (SSSR count). The molecule has 8 amide bonds. The molecule has 1 aliphatic rings. The minimum Gasteiger partial charge on any atom is -0.481 e. The summed E-state index contributed by atoms with van der Waals surface area (Å²) >= 11 is 0. The van der Waals surface area contributed by atoms with Crippen LogP contribution in [0.1, 0.15) is 84.5 Å². The molecule has 394 valence electrons. The zero-order valence-electron chi connectivity index (χ0n) is 41.3. The van der Waals surface area contributed by atoms with E-state index in [1.165, 1.54) is 11.8 Å². The molecule has 2 heterocycles. The van der Waals surface area contributed by atoms with Crippen molar-refractivity contribution in [3.63, 3.8) is 0 Å². The van der Waals surface area contributed by atoms with E-state index in [0.29, 0.717) is 10.6 Å². The number of aliphatic hydroxyl groups is 1. The molecule has 0 bridgehead atoms. The molecule has 3 aromatic rings. The highest BCUT2D eigenvalue weighted by molar-refractivity contribution is 6.14. The Balaban J connectivity index is 1.66. The Morgan fingerprint density at radius 1 is 0.753 bits per heavy atom. The summed E-state index contributed by atoms with van der Waals surface area (Å²) in [6.07, 6.45) is 1.73. The molecule has 2 aromatic carbocycles. The minimum absolute atomic E-state index is 0.0662. The summed E-state index contributed by atoms with van der Waals surface area (Å²) in [6.45, 7) is 7.56. The number of aliphatic carboxylic acids is 2. The van der Waals surface area contributed by atoms with Gasteiger partial charge in [0, 0.05) is 67.6 Å². The van der Waals surface area contributed by atoms with Gasteiger partial charge in [-0.3, -0.25) is 48.1 Å². The molecule has 0 spiro atoms. The van der Waals surface area contributed by atoms with E-state index >= 15 is 4.39 Å². The van der Waals surface area contributed by atoms with E-state index in [2.05, 4.69) is 26.6 Å². The summed E-state index contributed by atoms with van der Waals surface area (Å²) in [5.74, 6) is -11.4. The summed E-state index contributed by atoms with van der Waals surface area (Å²) < 4.78 is 31.7. The zero-order valence-corrected chi connectivity index (χ0v) is 41.3. The van der Waals surface area contributed by atoms with Gasteiger partial charge in [0.25, 0.3) is 11.8 Å². The van der Waals surface area contributed by atoms with Crippen molar-refractivity contribution in [1.29, 1.82) is 0 Å². The number of hydrogen-bond acceptors (Lipinski definition) is 11. The van der Waals surface area contributed by atoms with Gasteiger partial charge in [-0.05, 0) is 60.9 Å². The number of nitrogens with zero attached hydrogens (tertiary/aromatic N) is 3. The molecule has 23 heteroatoms. The number of carboxylic acid groups (broad SMARTS) is 2. The number of carbonyl (C=O) groups is 10.